The Bertz CT molecular complexity index is 298. The molecule has 16 heavy (non-hydrogen) atoms. The van der Waals surface area contributed by atoms with E-state index in [0.29, 0.717) is 5.92 Å². The van der Waals surface area contributed by atoms with Gasteiger partial charge in [0.25, 0.3) is 0 Å². The predicted octanol–water partition coefficient (Wildman–Crippen LogP) is 1.04. The molecule has 1 fully saturated rings. The van der Waals surface area contributed by atoms with Crippen LogP contribution in [0, 0.1) is 5.92 Å². The molecule has 1 N–H and O–H groups in total. The molecule has 1 aliphatic rings. The summed E-state index contributed by atoms with van der Waals surface area (Å²) < 4.78 is 26.5. The SMILES string of the molecule is CC(C)C[C@@H](CN(C)C)NS(=O)(=O)C1CC1. The zero-order valence-corrected chi connectivity index (χ0v) is 11.5. The second-order valence-electron chi connectivity index (χ2n) is 5.45. The number of hydrogen-bond donors (Lipinski definition) is 1. The van der Waals surface area contributed by atoms with E-state index in [0.717, 1.165) is 25.8 Å². The minimum Gasteiger partial charge on any atom is -0.308 e. The van der Waals surface area contributed by atoms with Gasteiger partial charge in [-0.15, -0.1) is 0 Å². The fraction of sp³-hybridized carbons (Fsp3) is 1.00. The van der Waals surface area contributed by atoms with E-state index in [2.05, 4.69) is 18.6 Å². The third-order valence-corrected chi connectivity index (χ3v) is 4.65. The molecule has 0 aromatic rings. The number of likely N-dealkylation sites (N-methyl/N-ethyl adjacent to an activating group) is 1. The highest BCUT2D eigenvalue weighted by Gasteiger charge is 2.36. The van der Waals surface area contributed by atoms with Crippen molar-refractivity contribution in [3.05, 3.63) is 0 Å². The van der Waals surface area contributed by atoms with Gasteiger partial charge >= 0.3 is 0 Å². The van der Waals surface area contributed by atoms with Crippen LogP contribution < -0.4 is 4.72 Å². The summed E-state index contributed by atoms with van der Waals surface area (Å²) in [5.41, 5.74) is 0. The van der Waals surface area contributed by atoms with E-state index in [9.17, 15) is 8.42 Å². The molecule has 0 radical (unpaired) electrons. The minimum absolute atomic E-state index is 0.0422. The maximum absolute atomic E-state index is 11.8. The zero-order valence-electron chi connectivity index (χ0n) is 10.7. The van der Waals surface area contributed by atoms with Crippen molar-refractivity contribution in [1.82, 2.24) is 9.62 Å². The Hall–Kier alpha value is -0.130. The van der Waals surface area contributed by atoms with Crippen LogP contribution in [0.15, 0.2) is 0 Å². The van der Waals surface area contributed by atoms with E-state index in [1.54, 1.807) is 0 Å². The van der Waals surface area contributed by atoms with Crippen molar-refractivity contribution in [2.24, 2.45) is 5.92 Å². The molecule has 0 aliphatic heterocycles. The number of rotatable bonds is 7. The summed E-state index contributed by atoms with van der Waals surface area (Å²) in [6, 6.07) is 0.0422. The van der Waals surface area contributed by atoms with Crippen molar-refractivity contribution in [2.45, 2.75) is 44.4 Å². The van der Waals surface area contributed by atoms with Gasteiger partial charge in [0.2, 0.25) is 10.0 Å². The maximum Gasteiger partial charge on any atom is 0.214 e. The van der Waals surface area contributed by atoms with Gasteiger partial charge in [0.1, 0.15) is 0 Å². The van der Waals surface area contributed by atoms with Crippen molar-refractivity contribution >= 4 is 10.0 Å². The van der Waals surface area contributed by atoms with Crippen LogP contribution in [0.2, 0.25) is 0 Å². The maximum atomic E-state index is 11.8. The predicted molar refractivity (Wildman–Crippen MR) is 66.9 cm³/mol. The first-order valence-corrected chi connectivity index (χ1v) is 7.51. The summed E-state index contributed by atoms with van der Waals surface area (Å²) in [5, 5.41) is -0.121. The van der Waals surface area contributed by atoms with Gasteiger partial charge in [-0.1, -0.05) is 13.8 Å². The summed E-state index contributed by atoms with van der Waals surface area (Å²) >= 11 is 0. The van der Waals surface area contributed by atoms with E-state index >= 15 is 0 Å². The third kappa shape index (κ3) is 4.80. The molecule has 0 aromatic carbocycles. The van der Waals surface area contributed by atoms with E-state index in [4.69, 9.17) is 0 Å². The fourth-order valence-corrected chi connectivity index (χ4v) is 3.46. The van der Waals surface area contributed by atoms with Gasteiger partial charge in [0.05, 0.1) is 5.25 Å². The first-order valence-electron chi connectivity index (χ1n) is 5.97. The lowest BCUT2D eigenvalue weighted by Gasteiger charge is -2.23. The van der Waals surface area contributed by atoms with Gasteiger partial charge in [-0.3, -0.25) is 0 Å². The van der Waals surface area contributed by atoms with Gasteiger partial charge in [-0.05, 0) is 39.3 Å². The van der Waals surface area contributed by atoms with Crippen LogP contribution in [0.4, 0.5) is 0 Å². The van der Waals surface area contributed by atoms with Gasteiger partial charge < -0.3 is 4.90 Å². The van der Waals surface area contributed by atoms with Crippen LogP contribution >= 0.6 is 0 Å². The number of sulfonamides is 1. The largest absolute Gasteiger partial charge is 0.308 e. The average Bonchev–Trinajstić information content (AvgIpc) is 2.80. The Morgan fingerprint density at radius 2 is 1.88 bits per heavy atom. The van der Waals surface area contributed by atoms with Crippen LogP contribution in [-0.4, -0.2) is 45.2 Å². The Balaban J connectivity index is 2.54. The highest BCUT2D eigenvalue weighted by atomic mass is 32.2. The summed E-state index contributed by atoms with van der Waals surface area (Å²) in [5.74, 6) is 0.506. The molecule has 1 aliphatic carbocycles. The average molecular weight is 248 g/mol. The van der Waals surface area contributed by atoms with Crippen molar-refractivity contribution in [3.8, 4) is 0 Å². The van der Waals surface area contributed by atoms with Gasteiger partial charge in [0.15, 0.2) is 0 Å². The second-order valence-corrected chi connectivity index (χ2v) is 7.44. The molecule has 0 heterocycles. The summed E-state index contributed by atoms with van der Waals surface area (Å²) in [4.78, 5) is 2.03. The molecule has 5 heteroatoms. The van der Waals surface area contributed by atoms with Crippen molar-refractivity contribution in [3.63, 3.8) is 0 Å². The van der Waals surface area contributed by atoms with E-state index in [1.807, 2.05) is 19.0 Å². The lowest BCUT2D eigenvalue weighted by molar-refractivity contribution is 0.329. The van der Waals surface area contributed by atoms with E-state index < -0.39 is 10.0 Å². The Labute approximate surface area is 99.5 Å². The molecule has 1 atom stereocenters. The van der Waals surface area contributed by atoms with Crippen molar-refractivity contribution in [1.29, 1.82) is 0 Å². The normalized spacial score (nSPS) is 19.4. The molecule has 1 rings (SSSR count). The van der Waals surface area contributed by atoms with E-state index in [1.165, 1.54) is 0 Å². The molecular formula is C11H24N2O2S. The van der Waals surface area contributed by atoms with Crippen LogP contribution in [0.3, 0.4) is 0 Å². The van der Waals surface area contributed by atoms with Crippen LogP contribution in [-0.2, 0) is 10.0 Å². The highest BCUT2D eigenvalue weighted by Crippen LogP contribution is 2.28. The Morgan fingerprint density at radius 1 is 1.31 bits per heavy atom. The standard InChI is InChI=1S/C11H24N2O2S/c1-9(2)7-10(8-13(3)4)12-16(14,15)11-5-6-11/h9-12H,5-8H2,1-4H3/t10-/m0/s1. The molecule has 96 valence electrons. The summed E-state index contributed by atoms with van der Waals surface area (Å²) in [7, 11) is 0.888. The Morgan fingerprint density at radius 3 is 2.25 bits per heavy atom. The molecule has 0 bridgehead atoms. The van der Waals surface area contributed by atoms with Crippen molar-refractivity contribution in [2.75, 3.05) is 20.6 Å². The topological polar surface area (TPSA) is 49.4 Å². The first kappa shape index (κ1) is 13.9. The molecule has 0 aromatic heterocycles. The molecule has 0 amide bonds. The summed E-state index contributed by atoms with van der Waals surface area (Å²) in [6.45, 7) is 5.01. The number of nitrogens with one attached hydrogen (secondary N) is 1. The monoisotopic (exact) mass is 248 g/mol. The lowest BCUT2D eigenvalue weighted by atomic mass is 10.0. The van der Waals surface area contributed by atoms with Crippen molar-refractivity contribution < 1.29 is 8.42 Å². The third-order valence-electron chi connectivity index (χ3n) is 2.64. The van der Waals surface area contributed by atoms with Gasteiger partial charge in [0, 0.05) is 12.6 Å². The smallest absolute Gasteiger partial charge is 0.214 e. The highest BCUT2D eigenvalue weighted by molar-refractivity contribution is 7.90. The molecule has 4 nitrogen and oxygen atoms in total. The fourth-order valence-electron chi connectivity index (χ4n) is 1.88. The zero-order chi connectivity index (χ0) is 12.3. The quantitative estimate of drug-likeness (QED) is 0.732. The molecule has 1 saturated carbocycles. The van der Waals surface area contributed by atoms with E-state index in [-0.39, 0.29) is 11.3 Å². The second kappa shape index (κ2) is 5.47. The van der Waals surface area contributed by atoms with Gasteiger partial charge in [-0.2, -0.15) is 0 Å². The van der Waals surface area contributed by atoms with Gasteiger partial charge in [-0.25, -0.2) is 13.1 Å². The lowest BCUT2D eigenvalue weighted by Crippen LogP contribution is -2.43. The Kier molecular flexibility index (Phi) is 4.76. The molecule has 0 unspecified atom stereocenters. The molecule has 0 saturated heterocycles. The summed E-state index contributed by atoms with van der Waals surface area (Å²) in [6.07, 6.45) is 2.54. The van der Waals surface area contributed by atoms with Crippen LogP contribution in [0.1, 0.15) is 33.1 Å². The molecule has 0 spiro atoms. The first-order chi connectivity index (χ1) is 7.31. The number of nitrogens with zero attached hydrogens (tertiary/aromatic N) is 1. The minimum atomic E-state index is -3.05. The van der Waals surface area contributed by atoms with Crippen LogP contribution in [0.25, 0.3) is 0 Å². The number of hydrogen-bond acceptors (Lipinski definition) is 3. The van der Waals surface area contributed by atoms with Crippen LogP contribution in [0.5, 0.6) is 0 Å². The molecular weight excluding hydrogens is 224 g/mol.